The van der Waals surface area contributed by atoms with Crippen LogP contribution in [0.3, 0.4) is 0 Å². The van der Waals surface area contributed by atoms with Crippen molar-refractivity contribution in [2.24, 2.45) is 4.99 Å². The van der Waals surface area contributed by atoms with Gasteiger partial charge in [-0.1, -0.05) is 42.5 Å². The maximum absolute atomic E-state index is 13.4. The van der Waals surface area contributed by atoms with E-state index in [0.717, 1.165) is 18.7 Å². The summed E-state index contributed by atoms with van der Waals surface area (Å²) in [5.41, 5.74) is 2.93. The van der Waals surface area contributed by atoms with Gasteiger partial charge in [0.15, 0.2) is 12.2 Å². The van der Waals surface area contributed by atoms with Gasteiger partial charge in [-0.05, 0) is 36.6 Å². The lowest BCUT2D eigenvalue weighted by Crippen LogP contribution is -2.63. The molecular weight excluding hydrogens is 409 g/mol. The van der Waals surface area contributed by atoms with E-state index in [4.69, 9.17) is 4.99 Å². The smallest absolute Gasteiger partial charge is 0.314 e. The highest BCUT2D eigenvalue weighted by molar-refractivity contribution is 6.04. The zero-order valence-corrected chi connectivity index (χ0v) is 18.0. The molecule has 5 rings (SSSR count). The number of carbonyl (C=O) groups is 2. The predicted molar refractivity (Wildman–Crippen MR) is 118 cm³/mol. The quantitative estimate of drug-likeness (QED) is 0.728. The SMILES string of the molecule is CC1=CN2C(=NC3C2C(=O)N(Cc2ccc(F)cc2)C(=O)N3C)N1CCc1ccccc1. The fourth-order valence-electron chi connectivity index (χ4n) is 4.48. The van der Waals surface area contributed by atoms with Gasteiger partial charge in [0, 0.05) is 25.5 Å². The standard InChI is InChI=1S/C24H24FN5O2/c1-16-14-29-20-21(26-23(29)28(16)13-12-17-6-4-3-5-7-17)27(2)24(32)30(22(20)31)15-18-8-10-19(25)11-9-18/h3-11,14,20-21H,12-13,15H2,1-2H3. The van der Waals surface area contributed by atoms with Crippen molar-refractivity contribution in [1.29, 1.82) is 0 Å². The minimum Gasteiger partial charge on any atom is -0.314 e. The van der Waals surface area contributed by atoms with E-state index in [0.29, 0.717) is 11.5 Å². The Kier molecular flexibility index (Phi) is 4.92. The molecule has 3 aliphatic rings. The molecule has 1 saturated heterocycles. The summed E-state index contributed by atoms with van der Waals surface area (Å²) in [6.45, 7) is 2.82. The zero-order chi connectivity index (χ0) is 22.4. The molecule has 3 heterocycles. The number of nitrogens with zero attached hydrogens (tertiary/aromatic N) is 5. The number of aliphatic imine (C=N–C) groups is 1. The van der Waals surface area contributed by atoms with Crippen LogP contribution < -0.4 is 0 Å². The molecule has 0 N–H and O–H groups in total. The van der Waals surface area contributed by atoms with Crippen LogP contribution >= 0.6 is 0 Å². The molecular formula is C24H24FN5O2. The molecule has 0 saturated carbocycles. The van der Waals surface area contributed by atoms with Gasteiger partial charge in [0.05, 0.1) is 6.54 Å². The number of likely N-dealkylation sites (N-methyl/N-ethyl adjacent to an activating group) is 1. The van der Waals surface area contributed by atoms with E-state index < -0.39 is 18.2 Å². The number of halogens is 1. The zero-order valence-electron chi connectivity index (χ0n) is 18.0. The van der Waals surface area contributed by atoms with E-state index in [1.807, 2.05) is 36.2 Å². The Labute approximate surface area is 186 Å². The summed E-state index contributed by atoms with van der Waals surface area (Å²) >= 11 is 0. The molecule has 0 radical (unpaired) electrons. The molecule has 2 aromatic rings. The molecule has 0 bridgehead atoms. The number of rotatable bonds is 5. The molecule has 1 fully saturated rings. The van der Waals surface area contributed by atoms with Gasteiger partial charge < -0.3 is 14.7 Å². The Morgan fingerprint density at radius 2 is 1.69 bits per heavy atom. The van der Waals surface area contributed by atoms with Gasteiger partial charge in [-0.2, -0.15) is 0 Å². The fraction of sp³-hybridized carbons (Fsp3) is 0.292. The van der Waals surface area contributed by atoms with E-state index in [-0.39, 0.29) is 18.3 Å². The van der Waals surface area contributed by atoms with Gasteiger partial charge in [-0.15, -0.1) is 0 Å². The third-order valence-corrected chi connectivity index (χ3v) is 6.22. The molecule has 8 heteroatoms. The van der Waals surface area contributed by atoms with E-state index in [1.54, 1.807) is 19.2 Å². The number of guanidine groups is 1. The van der Waals surface area contributed by atoms with Crippen LogP contribution in [-0.2, 0) is 17.8 Å². The Hall–Kier alpha value is -3.68. The largest absolute Gasteiger partial charge is 0.328 e. The lowest BCUT2D eigenvalue weighted by Gasteiger charge is -2.40. The first-order chi connectivity index (χ1) is 15.4. The fourth-order valence-corrected chi connectivity index (χ4v) is 4.48. The summed E-state index contributed by atoms with van der Waals surface area (Å²) in [7, 11) is 1.67. The molecule has 2 aromatic carbocycles. The molecule has 7 nitrogen and oxygen atoms in total. The lowest BCUT2D eigenvalue weighted by atomic mass is 10.1. The Morgan fingerprint density at radius 1 is 0.969 bits per heavy atom. The van der Waals surface area contributed by atoms with Crippen molar-refractivity contribution in [2.45, 2.75) is 32.1 Å². The average molecular weight is 433 g/mol. The summed E-state index contributed by atoms with van der Waals surface area (Å²) in [5.74, 6) is 0.0459. The van der Waals surface area contributed by atoms with Gasteiger partial charge >= 0.3 is 6.03 Å². The van der Waals surface area contributed by atoms with Crippen molar-refractivity contribution in [3.8, 4) is 0 Å². The minimum atomic E-state index is -0.607. The van der Waals surface area contributed by atoms with Gasteiger partial charge in [-0.3, -0.25) is 9.69 Å². The summed E-state index contributed by atoms with van der Waals surface area (Å²) in [6.07, 6.45) is 2.21. The van der Waals surface area contributed by atoms with Crippen molar-refractivity contribution in [3.63, 3.8) is 0 Å². The number of hydrogen-bond donors (Lipinski definition) is 0. The minimum absolute atomic E-state index is 0.0924. The average Bonchev–Trinajstić information content (AvgIpc) is 3.30. The monoisotopic (exact) mass is 433 g/mol. The predicted octanol–water partition coefficient (Wildman–Crippen LogP) is 3.01. The topological polar surface area (TPSA) is 59.5 Å². The third-order valence-electron chi connectivity index (χ3n) is 6.22. The van der Waals surface area contributed by atoms with Crippen LogP contribution in [0.25, 0.3) is 0 Å². The molecule has 2 unspecified atom stereocenters. The van der Waals surface area contributed by atoms with Gasteiger partial charge in [0.25, 0.3) is 5.91 Å². The Balaban J connectivity index is 1.37. The number of imide groups is 1. The molecule has 3 amide bonds. The van der Waals surface area contributed by atoms with Crippen LogP contribution in [0.2, 0.25) is 0 Å². The van der Waals surface area contributed by atoms with E-state index in [2.05, 4.69) is 17.0 Å². The van der Waals surface area contributed by atoms with Crippen LogP contribution in [0.1, 0.15) is 18.1 Å². The van der Waals surface area contributed by atoms with Crippen molar-refractivity contribution in [1.82, 2.24) is 19.6 Å². The van der Waals surface area contributed by atoms with Crippen molar-refractivity contribution >= 4 is 17.9 Å². The lowest BCUT2D eigenvalue weighted by molar-refractivity contribution is -0.137. The summed E-state index contributed by atoms with van der Waals surface area (Å²) in [5, 5.41) is 0. The van der Waals surface area contributed by atoms with E-state index >= 15 is 0 Å². The first-order valence-corrected chi connectivity index (χ1v) is 10.6. The molecule has 32 heavy (non-hydrogen) atoms. The molecule has 0 spiro atoms. The first kappa shape index (κ1) is 20.2. The number of urea groups is 1. The van der Waals surface area contributed by atoms with Crippen LogP contribution in [-0.4, -0.2) is 63.3 Å². The molecule has 0 aromatic heterocycles. The Bertz CT molecular complexity index is 1110. The molecule has 3 aliphatic heterocycles. The number of fused-ring (bicyclic) bond motifs is 3. The van der Waals surface area contributed by atoms with Crippen LogP contribution in [0.15, 0.2) is 71.5 Å². The molecule has 0 aliphatic carbocycles. The second-order valence-corrected chi connectivity index (χ2v) is 8.30. The van der Waals surface area contributed by atoms with Crippen molar-refractivity contribution in [3.05, 3.63) is 83.4 Å². The number of hydrogen-bond acceptors (Lipinski definition) is 5. The Morgan fingerprint density at radius 3 is 2.41 bits per heavy atom. The molecule has 164 valence electrons. The number of allylic oxidation sites excluding steroid dienone is 1. The van der Waals surface area contributed by atoms with Crippen molar-refractivity contribution < 1.29 is 14.0 Å². The summed E-state index contributed by atoms with van der Waals surface area (Å²) < 4.78 is 13.3. The molecule has 2 atom stereocenters. The first-order valence-electron chi connectivity index (χ1n) is 10.6. The number of benzene rings is 2. The number of amides is 3. The highest BCUT2D eigenvalue weighted by atomic mass is 19.1. The van der Waals surface area contributed by atoms with Crippen LogP contribution in [0.4, 0.5) is 9.18 Å². The van der Waals surface area contributed by atoms with Gasteiger partial charge in [0.1, 0.15) is 5.82 Å². The summed E-state index contributed by atoms with van der Waals surface area (Å²) in [6, 6.07) is 15.0. The highest BCUT2D eigenvalue weighted by Crippen LogP contribution is 2.34. The second-order valence-electron chi connectivity index (χ2n) is 8.30. The maximum atomic E-state index is 13.4. The van der Waals surface area contributed by atoms with Crippen LogP contribution in [0, 0.1) is 5.82 Å². The normalized spacial score (nSPS) is 22.2. The van der Waals surface area contributed by atoms with Gasteiger partial charge in [0.2, 0.25) is 5.96 Å². The van der Waals surface area contributed by atoms with Crippen molar-refractivity contribution in [2.75, 3.05) is 13.6 Å². The van der Waals surface area contributed by atoms with E-state index in [1.165, 1.54) is 27.5 Å². The second kappa shape index (κ2) is 7.78. The van der Waals surface area contributed by atoms with E-state index in [9.17, 15) is 14.0 Å². The third kappa shape index (κ3) is 3.32. The number of carbonyl (C=O) groups excluding carboxylic acids is 2. The summed E-state index contributed by atoms with van der Waals surface area (Å²) in [4.78, 5) is 37.9. The maximum Gasteiger partial charge on any atom is 0.328 e. The van der Waals surface area contributed by atoms with Gasteiger partial charge in [-0.25, -0.2) is 14.2 Å². The van der Waals surface area contributed by atoms with Crippen LogP contribution in [0.5, 0.6) is 0 Å². The highest BCUT2D eigenvalue weighted by Gasteiger charge is 2.54.